The Hall–Kier alpha value is -2.15. The molecule has 2 aromatic carbocycles. The van der Waals surface area contributed by atoms with Gasteiger partial charge in [-0.2, -0.15) is 0 Å². The summed E-state index contributed by atoms with van der Waals surface area (Å²) >= 11 is 16.2. The number of phenols is 1. The smallest absolute Gasteiger partial charge is 0.341 e. The van der Waals surface area contributed by atoms with Gasteiger partial charge in [0.05, 0.1) is 21.9 Å². The molecule has 122 valence electrons. The maximum atomic E-state index is 11.5. The van der Waals surface area contributed by atoms with E-state index in [9.17, 15) is 15.0 Å². The first-order chi connectivity index (χ1) is 11.4. The number of carboxylic acids is 1. The number of rotatable bonds is 3. The molecule has 0 saturated heterocycles. The number of anilines is 2. The van der Waals surface area contributed by atoms with Crippen LogP contribution in [-0.2, 0) is 0 Å². The highest BCUT2D eigenvalue weighted by Crippen LogP contribution is 2.38. The van der Waals surface area contributed by atoms with Crippen LogP contribution in [0.2, 0.25) is 10.0 Å². The van der Waals surface area contributed by atoms with E-state index in [-0.39, 0.29) is 16.3 Å². The van der Waals surface area contributed by atoms with Crippen molar-refractivity contribution in [1.82, 2.24) is 4.98 Å². The molecule has 0 bridgehead atoms. The van der Waals surface area contributed by atoms with Crippen LogP contribution >= 0.6 is 35.8 Å². The molecule has 0 atom stereocenters. The Bertz CT molecular complexity index is 974. The topological polar surface area (TPSA) is 82.5 Å². The molecule has 0 radical (unpaired) electrons. The van der Waals surface area contributed by atoms with Gasteiger partial charge >= 0.3 is 5.97 Å². The molecule has 1 heterocycles. The lowest BCUT2D eigenvalue weighted by atomic mass is 10.1. The summed E-state index contributed by atoms with van der Waals surface area (Å²) in [5.74, 6) is -1.82. The van der Waals surface area contributed by atoms with Crippen LogP contribution in [0, 0.1) is 0 Å². The second-order valence-corrected chi connectivity index (χ2v) is 6.25. The van der Waals surface area contributed by atoms with Gasteiger partial charge in [-0.05, 0) is 30.3 Å². The van der Waals surface area contributed by atoms with Crippen LogP contribution in [0.3, 0.4) is 0 Å². The predicted octanol–water partition coefficient (Wildman–Crippen LogP) is 4.98. The van der Waals surface area contributed by atoms with E-state index in [2.05, 4.69) is 22.9 Å². The third-order valence-electron chi connectivity index (χ3n) is 3.41. The van der Waals surface area contributed by atoms with E-state index < -0.39 is 11.7 Å². The average Bonchev–Trinajstić information content (AvgIpc) is 2.53. The van der Waals surface area contributed by atoms with Gasteiger partial charge in [0.15, 0.2) is 5.75 Å². The number of nitrogens with zero attached hydrogens (tertiary/aromatic N) is 1. The third kappa shape index (κ3) is 2.96. The number of fused-ring (bicyclic) bond motifs is 1. The highest BCUT2D eigenvalue weighted by atomic mass is 35.5. The fourth-order valence-corrected chi connectivity index (χ4v) is 2.87. The van der Waals surface area contributed by atoms with E-state index in [1.54, 1.807) is 18.2 Å². The van der Waals surface area contributed by atoms with Gasteiger partial charge in [-0.3, -0.25) is 4.98 Å². The maximum absolute atomic E-state index is 11.5. The monoisotopic (exact) mass is 380 g/mol. The molecule has 0 aliphatic heterocycles. The zero-order valence-corrected chi connectivity index (χ0v) is 14.3. The summed E-state index contributed by atoms with van der Waals surface area (Å²) in [4.78, 5) is 16.2. The maximum Gasteiger partial charge on any atom is 0.341 e. The van der Waals surface area contributed by atoms with Crippen LogP contribution < -0.4 is 5.32 Å². The minimum Gasteiger partial charge on any atom is -0.505 e. The number of carboxylic acid groups (broad SMARTS) is 1. The molecule has 3 N–H and O–H groups in total. The molecule has 0 aliphatic carbocycles. The molecule has 5 nitrogen and oxygen atoms in total. The van der Waals surface area contributed by atoms with E-state index >= 15 is 0 Å². The summed E-state index contributed by atoms with van der Waals surface area (Å²) in [5, 5.41) is 23.4. The second-order valence-electron chi connectivity index (χ2n) is 4.93. The third-order valence-corrected chi connectivity index (χ3v) is 4.29. The highest BCUT2D eigenvalue weighted by molar-refractivity contribution is 7.80. The molecular formula is C16H10Cl2N2O3S. The normalized spacial score (nSPS) is 10.8. The number of aromatic hydroxyl groups is 1. The lowest BCUT2D eigenvalue weighted by Gasteiger charge is -2.15. The Morgan fingerprint density at radius 2 is 1.96 bits per heavy atom. The van der Waals surface area contributed by atoms with Gasteiger partial charge in [0.1, 0.15) is 5.56 Å². The van der Waals surface area contributed by atoms with Gasteiger partial charge < -0.3 is 15.5 Å². The molecule has 3 rings (SSSR count). The zero-order chi connectivity index (χ0) is 17.4. The molecule has 1 aromatic heterocycles. The van der Waals surface area contributed by atoms with Crippen molar-refractivity contribution >= 4 is 64.1 Å². The van der Waals surface area contributed by atoms with Gasteiger partial charge in [-0.25, -0.2) is 4.79 Å². The first-order valence-electron chi connectivity index (χ1n) is 6.67. The summed E-state index contributed by atoms with van der Waals surface area (Å²) in [6, 6.07) is 8.01. The molecular weight excluding hydrogens is 371 g/mol. The summed E-state index contributed by atoms with van der Waals surface area (Å²) in [6.07, 6.45) is 1.54. The van der Waals surface area contributed by atoms with Crippen molar-refractivity contribution in [2.75, 3.05) is 5.32 Å². The molecule has 0 spiro atoms. The SMILES string of the molecule is O=C(O)c1c(Nc2c(S)cnc3ccc(Cl)cc23)ccc(Cl)c1O. The van der Waals surface area contributed by atoms with Crippen molar-refractivity contribution in [3.05, 3.63) is 52.1 Å². The molecule has 0 amide bonds. The quantitative estimate of drug-likeness (QED) is 0.481. The lowest BCUT2D eigenvalue weighted by Crippen LogP contribution is -2.04. The molecule has 0 saturated carbocycles. The fraction of sp³-hybridized carbons (Fsp3) is 0. The second kappa shape index (κ2) is 6.39. The number of hydrogen-bond donors (Lipinski definition) is 4. The largest absolute Gasteiger partial charge is 0.505 e. The minimum atomic E-state index is -1.31. The summed E-state index contributed by atoms with van der Waals surface area (Å²) < 4.78 is 0. The molecule has 0 fully saturated rings. The first kappa shape index (κ1) is 16.7. The Balaban J connectivity index is 2.21. The number of benzene rings is 2. The van der Waals surface area contributed by atoms with E-state index in [1.807, 2.05) is 0 Å². The Kier molecular flexibility index (Phi) is 4.45. The van der Waals surface area contributed by atoms with Gasteiger partial charge in [0.25, 0.3) is 0 Å². The molecule has 3 aromatic rings. The predicted molar refractivity (Wildman–Crippen MR) is 97.4 cm³/mol. The molecule has 8 heteroatoms. The number of thiol groups is 1. The van der Waals surface area contributed by atoms with Crippen LogP contribution in [-0.4, -0.2) is 21.2 Å². The Labute approximate surface area is 152 Å². The van der Waals surface area contributed by atoms with Crippen LogP contribution in [0.4, 0.5) is 11.4 Å². The Morgan fingerprint density at radius 3 is 2.67 bits per heavy atom. The summed E-state index contributed by atoms with van der Waals surface area (Å²) in [7, 11) is 0. The van der Waals surface area contributed by atoms with Gasteiger partial charge in [0.2, 0.25) is 0 Å². The van der Waals surface area contributed by atoms with E-state index in [1.165, 1.54) is 18.3 Å². The van der Waals surface area contributed by atoms with Crippen molar-refractivity contribution in [2.24, 2.45) is 0 Å². The summed E-state index contributed by atoms with van der Waals surface area (Å²) in [5.41, 5.74) is 1.03. The zero-order valence-electron chi connectivity index (χ0n) is 11.9. The van der Waals surface area contributed by atoms with Gasteiger partial charge in [-0.1, -0.05) is 23.2 Å². The number of aromatic carboxylic acids is 1. The average molecular weight is 381 g/mol. The number of carbonyl (C=O) groups is 1. The lowest BCUT2D eigenvalue weighted by molar-refractivity contribution is 0.0695. The summed E-state index contributed by atoms with van der Waals surface area (Å²) in [6.45, 7) is 0. The van der Waals surface area contributed by atoms with Crippen LogP contribution in [0.25, 0.3) is 10.9 Å². The first-order valence-corrected chi connectivity index (χ1v) is 7.88. The van der Waals surface area contributed by atoms with Crippen LogP contribution in [0.1, 0.15) is 10.4 Å². The number of aromatic nitrogens is 1. The van der Waals surface area contributed by atoms with E-state index in [0.717, 1.165) is 0 Å². The number of pyridine rings is 1. The number of halogens is 2. The van der Waals surface area contributed by atoms with E-state index in [0.29, 0.717) is 26.5 Å². The van der Waals surface area contributed by atoms with Crippen molar-refractivity contribution in [1.29, 1.82) is 0 Å². The highest BCUT2D eigenvalue weighted by Gasteiger charge is 2.19. The number of hydrogen-bond acceptors (Lipinski definition) is 5. The fourth-order valence-electron chi connectivity index (χ4n) is 2.31. The van der Waals surface area contributed by atoms with Crippen LogP contribution in [0.15, 0.2) is 41.4 Å². The molecule has 24 heavy (non-hydrogen) atoms. The van der Waals surface area contributed by atoms with Crippen molar-refractivity contribution < 1.29 is 15.0 Å². The standard InChI is InChI=1S/C16H10Cl2N2O3S/c17-7-1-3-10-8(5-7)14(12(24)6-19-10)20-11-4-2-9(18)15(21)13(11)16(22)23/h1-6,21,24H,(H,19,20)(H,22,23). The van der Waals surface area contributed by atoms with E-state index in [4.69, 9.17) is 23.2 Å². The Morgan fingerprint density at radius 1 is 1.21 bits per heavy atom. The molecule has 0 aliphatic rings. The van der Waals surface area contributed by atoms with Gasteiger partial charge in [0, 0.05) is 21.5 Å². The number of nitrogens with one attached hydrogen (secondary N) is 1. The van der Waals surface area contributed by atoms with Crippen LogP contribution in [0.5, 0.6) is 5.75 Å². The minimum absolute atomic E-state index is 0.0494. The molecule has 0 unspecified atom stereocenters. The van der Waals surface area contributed by atoms with Crippen molar-refractivity contribution in [2.45, 2.75) is 4.90 Å². The van der Waals surface area contributed by atoms with Gasteiger partial charge in [-0.15, -0.1) is 12.6 Å². The van der Waals surface area contributed by atoms with Crippen molar-refractivity contribution in [3.8, 4) is 5.75 Å². The van der Waals surface area contributed by atoms with Crippen molar-refractivity contribution in [3.63, 3.8) is 0 Å².